The van der Waals surface area contributed by atoms with Crippen LogP contribution in [0.5, 0.6) is 0 Å². The molecule has 0 aromatic carbocycles. The summed E-state index contributed by atoms with van der Waals surface area (Å²) in [7, 11) is 0. The lowest BCUT2D eigenvalue weighted by Gasteiger charge is -2.14. The van der Waals surface area contributed by atoms with Crippen LogP contribution in [0.15, 0.2) is 17.5 Å². The molecule has 0 bridgehead atoms. The molecule has 2 atom stereocenters. The van der Waals surface area contributed by atoms with Gasteiger partial charge in [-0.15, -0.1) is 11.3 Å². The second-order valence-corrected chi connectivity index (χ2v) is 5.45. The van der Waals surface area contributed by atoms with Crippen LogP contribution < -0.4 is 5.32 Å². The zero-order valence-corrected chi connectivity index (χ0v) is 11.5. The first-order valence-corrected chi connectivity index (χ1v) is 7.09. The summed E-state index contributed by atoms with van der Waals surface area (Å²) in [6.45, 7) is 6.93. The van der Waals surface area contributed by atoms with E-state index in [1.807, 2.05) is 17.5 Å². The van der Waals surface area contributed by atoms with Crippen LogP contribution in [0.2, 0.25) is 0 Å². The van der Waals surface area contributed by atoms with Crippen molar-refractivity contribution in [3.8, 4) is 0 Å². The van der Waals surface area contributed by atoms with Crippen molar-refractivity contribution in [1.29, 1.82) is 0 Å². The molecule has 0 spiro atoms. The van der Waals surface area contributed by atoms with Crippen LogP contribution in [-0.2, 0) is 11.3 Å². The van der Waals surface area contributed by atoms with Crippen molar-refractivity contribution in [2.24, 2.45) is 5.92 Å². The molecule has 0 saturated heterocycles. The third-order valence-corrected chi connectivity index (χ3v) is 3.55. The van der Waals surface area contributed by atoms with E-state index in [0.717, 1.165) is 13.0 Å². The summed E-state index contributed by atoms with van der Waals surface area (Å²) < 4.78 is 5.44. The predicted molar refractivity (Wildman–Crippen MR) is 72.3 cm³/mol. The van der Waals surface area contributed by atoms with E-state index in [9.17, 15) is 5.11 Å². The highest BCUT2D eigenvalue weighted by molar-refractivity contribution is 7.09. The molecule has 4 heteroatoms. The Labute approximate surface area is 108 Å². The number of aliphatic hydroxyl groups is 1. The van der Waals surface area contributed by atoms with Gasteiger partial charge in [0.1, 0.15) is 0 Å². The van der Waals surface area contributed by atoms with Gasteiger partial charge in [0.2, 0.25) is 0 Å². The zero-order chi connectivity index (χ0) is 12.5. The molecule has 0 saturated carbocycles. The van der Waals surface area contributed by atoms with Gasteiger partial charge in [0.25, 0.3) is 0 Å². The summed E-state index contributed by atoms with van der Waals surface area (Å²) >= 11 is 1.68. The molecule has 0 aliphatic heterocycles. The quantitative estimate of drug-likeness (QED) is 0.713. The fraction of sp³-hybridized carbons (Fsp3) is 0.692. The summed E-state index contributed by atoms with van der Waals surface area (Å²) in [5.74, 6) is 0.661. The van der Waals surface area contributed by atoms with Gasteiger partial charge in [0.15, 0.2) is 0 Å². The SMILES string of the molecule is CCC(C)CNCC(O)COCc1cccs1. The third kappa shape index (κ3) is 6.78. The summed E-state index contributed by atoms with van der Waals surface area (Å²) in [5.41, 5.74) is 0. The largest absolute Gasteiger partial charge is 0.389 e. The van der Waals surface area contributed by atoms with Crippen LogP contribution in [0.4, 0.5) is 0 Å². The Kier molecular flexibility index (Phi) is 7.44. The summed E-state index contributed by atoms with van der Waals surface area (Å²) in [5, 5.41) is 15.0. The molecular formula is C13H23NO2S. The summed E-state index contributed by atoms with van der Waals surface area (Å²) in [4.78, 5) is 1.20. The maximum absolute atomic E-state index is 9.68. The fourth-order valence-electron chi connectivity index (χ4n) is 1.39. The van der Waals surface area contributed by atoms with Crippen LogP contribution in [0.25, 0.3) is 0 Å². The molecule has 1 aromatic heterocycles. The number of rotatable bonds is 9. The normalized spacial score (nSPS) is 14.8. The Morgan fingerprint density at radius 3 is 2.94 bits per heavy atom. The van der Waals surface area contributed by atoms with Gasteiger partial charge < -0.3 is 15.2 Å². The van der Waals surface area contributed by atoms with Gasteiger partial charge >= 0.3 is 0 Å². The molecule has 2 N–H and O–H groups in total. The van der Waals surface area contributed by atoms with Crippen LogP contribution in [0.1, 0.15) is 25.1 Å². The Bertz CT molecular complexity index is 277. The summed E-state index contributed by atoms with van der Waals surface area (Å²) in [6, 6.07) is 4.05. The van der Waals surface area contributed by atoms with Crippen molar-refractivity contribution in [3.05, 3.63) is 22.4 Å². The average Bonchev–Trinajstić information content (AvgIpc) is 2.82. The maximum atomic E-state index is 9.68. The van der Waals surface area contributed by atoms with Gasteiger partial charge in [0, 0.05) is 11.4 Å². The molecule has 1 rings (SSSR count). The van der Waals surface area contributed by atoms with Crippen LogP contribution >= 0.6 is 11.3 Å². The average molecular weight is 257 g/mol. The lowest BCUT2D eigenvalue weighted by atomic mass is 10.1. The van der Waals surface area contributed by atoms with Crippen LogP contribution in [0, 0.1) is 5.92 Å². The number of thiophene rings is 1. The van der Waals surface area contributed by atoms with Crippen LogP contribution in [-0.4, -0.2) is 30.9 Å². The molecule has 17 heavy (non-hydrogen) atoms. The van der Waals surface area contributed by atoms with Gasteiger partial charge in [-0.1, -0.05) is 26.3 Å². The standard InChI is InChI=1S/C13H23NO2S/c1-3-11(2)7-14-8-12(15)9-16-10-13-5-4-6-17-13/h4-6,11-12,14-15H,3,7-10H2,1-2H3. The van der Waals surface area contributed by atoms with Gasteiger partial charge in [0.05, 0.1) is 19.3 Å². The van der Waals surface area contributed by atoms with Gasteiger partial charge in [-0.25, -0.2) is 0 Å². The van der Waals surface area contributed by atoms with Crippen molar-refractivity contribution in [2.45, 2.75) is 33.0 Å². The van der Waals surface area contributed by atoms with E-state index < -0.39 is 6.10 Å². The van der Waals surface area contributed by atoms with E-state index in [1.165, 1.54) is 4.88 Å². The molecule has 0 amide bonds. The highest BCUT2D eigenvalue weighted by Gasteiger charge is 2.05. The monoisotopic (exact) mass is 257 g/mol. The third-order valence-electron chi connectivity index (χ3n) is 2.70. The second kappa shape index (κ2) is 8.64. The van der Waals surface area contributed by atoms with Crippen molar-refractivity contribution in [3.63, 3.8) is 0 Å². The zero-order valence-electron chi connectivity index (χ0n) is 10.7. The summed E-state index contributed by atoms with van der Waals surface area (Å²) in [6.07, 6.45) is 0.747. The Morgan fingerprint density at radius 1 is 1.47 bits per heavy atom. The van der Waals surface area contributed by atoms with Crippen LogP contribution in [0.3, 0.4) is 0 Å². The molecule has 0 aliphatic rings. The number of ether oxygens (including phenoxy) is 1. The first-order chi connectivity index (χ1) is 8.22. The number of hydrogen-bond donors (Lipinski definition) is 2. The molecule has 0 fully saturated rings. The lowest BCUT2D eigenvalue weighted by molar-refractivity contribution is 0.0296. The number of hydrogen-bond acceptors (Lipinski definition) is 4. The van der Waals surface area contributed by atoms with E-state index in [1.54, 1.807) is 11.3 Å². The van der Waals surface area contributed by atoms with Gasteiger partial charge in [-0.05, 0) is 23.9 Å². The van der Waals surface area contributed by atoms with Gasteiger partial charge in [-0.2, -0.15) is 0 Å². The first kappa shape index (κ1) is 14.6. The minimum atomic E-state index is -0.418. The molecule has 0 aliphatic carbocycles. The van der Waals surface area contributed by atoms with E-state index in [-0.39, 0.29) is 0 Å². The minimum absolute atomic E-state index is 0.394. The first-order valence-electron chi connectivity index (χ1n) is 6.21. The van der Waals surface area contributed by atoms with Crippen molar-refractivity contribution < 1.29 is 9.84 Å². The van der Waals surface area contributed by atoms with Gasteiger partial charge in [-0.3, -0.25) is 0 Å². The fourth-order valence-corrected chi connectivity index (χ4v) is 2.03. The molecule has 98 valence electrons. The number of aliphatic hydroxyl groups excluding tert-OH is 1. The highest BCUT2D eigenvalue weighted by Crippen LogP contribution is 2.09. The topological polar surface area (TPSA) is 41.5 Å². The molecule has 1 aromatic rings. The van der Waals surface area contributed by atoms with Crippen molar-refractivity contribution in [1.82, 2.24) is 5.32 Å². The second-order valence-electron chi connectivity index (χ2n) is 4.42. The molecular weight excluding hydrogens is 234 g/mol. The molecule has 2 unspecified atom stereocenters. The predicted octanol–water partition coefficient (Wildman–Crippen LogP) is 2.26. The smallest absolute Gasteiger partial charge is 0.0897 e. The van der Waals surface area contributed by atoms with Crippen molar-refractivity contribution in [2.75, 3.05) is 19.7 Å². The number of nitrogens with one attached hydrogen (secondary N) is 1. The van der Waals surface area contributed by atoms with E-state index >= 15 is 0 Å². The molecule has 1 heterocycles. The molecule has 3 nitrogen and oxygen atoms in total. The maximum Gasteiger partial charge on any atom is 0.0897 e. The van der Waals surface area contributed by atoms with E-state index in [0.29, 0.717) is 25.7 Å². The Morgan fingerprint density at radius 2 is 2.29 bits per heavy atom. The van der Waals surface area contributed by atoms with E-state index in [4.69, 9.17) is 4.74 Å². The minimum Gasteiger partial charge on any atom is -0.389 e. The van der Waals surface area contributed by atoms with Crippen molar-refractivity contribution >= 4 is 11.3 Å². The molecule has 0 radical (unpaired) electrons. The lowest BCUT2D eigenvalue weighted by Crippen LogP contribution is -2.32. The Hall–Kier alpha value is -0.420. The highest BCUT2D eigenvalue weighted by atomic mass is 32.1. The van der Waals surface area contributed by atoms with E-state index in [2.05, 4.69) is 19.2 Å². The Balaban J connectivity index is 1.99.